The van der Waals surface area contributed by atoms with Crippen LogP contribution in [0.1, 0.15) is 80.6 Å². The number of hydrogen-bond acceptors (Lipinski definition) is 12. The van der Waals surface area contributed by atoms with E-state index in [1.54, 1.807) is 30.2 Å². The zero-order valence-electron chi connectivity index (χ0n) is 35.9. The molecule has 2 fully saturated rings. The SMILES string of the molecule is CO[C@@H](C)c1ncc(C#Cc2cnc3cccnn23)cc1-c1c2c3cc(cc4c3n1CCO4)-c1csc(n1)C[C@H](NC(=O)[C@H]1C[C@@H]1C)C(=O)N1CCC[C@H](N1)C(=O)OCC(C)(C)C2. The van der Waals surface area contributed by atoms with Crippen molar-refractivity contribution in [3.63, 3.8) is 0 Å². The van der Waals surface area contributed by atoms with Gasteiger partial charge in [-0.25, -0.2) is 19.9 Å². The number of carbonyl (C=O) groups is 3. The Morgan fingerprint density at radius 3 is 2.81 bits per heavy atom. The van der Waals surface area contributed by atoms with Gasteiger partial charge in [-0.1, -0.05) is 26.7 Å². The van der Waals surface area contributed by atoms with E-state index in [-0.39, 0.29) is 42.8 Å². The number of imidazole rings is 1. The number of rotatable bonds is 5. The number of nitrogens with zero attached hydrogens (tertiary/aromatic N) is 7. The predicted octanol–water partition coefficient (Wildman–Crippen LogP) is 5.67. The Kier molecular flexibility index (Phi) is 10.5. The Balaban J connectivity index is 1.12. The Morgan fingerprint density at radius 1 is 1.13 bits per heavy atom. The molecule has 0 spiro atoms. The Morgan fingerprint density at radius 2 is 1.98 bits per heavy atom. The van der Waals surface area contributed by atoms with Gasteiger partial charge >= 0.3 is 5.97 Å². The van der Waals surface area contributed by atoms with Crippen molar-refractivity contribution in [2.45, 2.75) is 84.5 Å². The molecule has 3 aliphatic heterocycles. The second-order valence-electron chi connectivity index (χ2n) is 17.9. The van der Waals surface area contributed by atoms with E-state index >= 15 is 0 Å². The van der Waals surface area contributed by atoms with Crippen LogP contribution in [0.2, 0.25) is 0 Å². The molecule has 4 aliphatic rings. The summed E-state index contributed by atoms with van der Waals surface area (Å²) in [6.45, 7) is 9.77. The molecule has 5 aromatic heterocycles. The molecular formula is C47H49N9O6S. The molecule has 2 amide bonds. The summed E-state index contributed by atoms with van der Waals surface area (Å²) in [7, 11) is 1.68. The average Bonchev–Trinajstić information content (AvgIpc) is 3.56. The molecule has 16 heteroatoms. The van der Waals surface area contributed by atoms with Crippen molar-refractivity contribution in [1.29, 1.82) is 0 Å². The van der Waals surface area contributed by atoms with Gasteiger partial charge < -0.3 is 24.1 Å². The molecule has 1 saturated heterocycles. The van der Waals surface area contributed by atoms with Gasteiger partial charge in [0.2, 0.25) is 5.91 Å². The smallest absolute Gasteiger partial charge is 0.324 e. The monoisotopic (exact) mass is 867 g/mol. The summed E-state index contributed by atoms with van der Waals surface area (Å²) in [4.78, 5) is 55.9. The van der Waals surface area contributed by atoms with Crippen LogP contribution in [0.3, 0.4) is 0 Å². The molecule has 1 aromatic carbocycles. The van der Waals surface area contributed by atoms with Gasteiger partial charge in [-0.2, -0.15) is 5.10 Å². The molecule has 63 heavy (non-hydrogen) atoms. The summed E-state index contributed by atoms with van der Waals surface area (Å²) in [5.74, 6) is 6.61. The number of carbonyl (C=O) groups excluding carboxylic acids is 3. The van der Waals surface area contributed by atoms with Crippen LogP contribution in [0.5, 0.6) is 5.75 Å². The van der Waals surface area contributed by atoms with E-state index < -0.39 is 23.5 Å². The maximum atomic E-state index is 14.2. The van der Waals surface area contributed by atoms with Crippen LogP contribution in [0.25, 0.3) is 39.1 Å². The van der Waals surface area contributed by atoms with E-state index in [9.17, 15) is 14.4 Å². The summed E-state index contributed by atoms with van der Waals surface area (Å²) in [5, 5.41) is 12.6. The van der Waals surface area contributed by atoms with Crippen molar-refractivity contribution >= 4 is 45.7 Å². The quantitative estimate of drug-likeness (QED) is 0.162. The zero-order valence-corrected chi connectivity index (χ0v) is 36.8. The number of esters is 1. The number of aromatic nitrogens is 6. The number of hydrogen-bond donors (Lipinski definition) is 2. The zero-order chi connectivity index (χ0) is 43.6. The average molecular weight is 868 g/mol. The number of ether oxygens (including phenoxy) is 3. The van der Waals surface area contributed by atoms with Crippen LogP contribution in [0.4, 0.5) is 0 Å². The molecule has 324 valence electrons. The van der Waals surface area contributed by atoms with E-state index in [2.05, 4.69) is 63.2 Å². The van der Waals surface area contributed by atoms with E-state index in [0.717, 1.165) is 56.8 Å². The first-order chi connectivity index (χ1) is 30.4. The normalized spacial score (nSPS) is 22.4. The number of amides is 2. The second-order valence-corrected chi connectivity index (χ2v) is 18.8. The second kappa shape index (κ2) is 16.2. The van der Waals surface area contributed by atoms with E-state index in [0.29, 0.717) is 60.9 Å². The molecule has 1 aliphatic carbocycles. The van der Waals surface area contributed by atoms with E-state index in [1.165, 1.54) is 16.3 Å². The number of hydrazine groups is 1. The van der Waals surface area contributed by atoms with Crippen molar-refractivity contribution in [1.82, 2.24) is 44.9 Å². The summed E-state index contributed by atoms with van der Waals surface area (Å²) in [6, 6.07) is 8.42. The fourth-order valence-corrected chi connectivity index (χ4v) is 9.88. The lowest BCUT2D eigenvalue weighted by atomic mass is 9.84. The molecule has 8 heterocycles. The summed E-state index contributed by atoms with van der Waals surface area (Å²) >= 11 is 1.45. The number of pyridine rings is 1. The van der Waals surface area contributed by atoms with E-state index in [1.807, 2.05) is 37.4 Å². The lowest BCUT2D eigenvalue weighted by Gasteiger charge is -2.35. The van der Waals surface area contributed by atoms with Crippen LogP contribution >= 0.6 is 11.3 Å². The van der Waals surface area contributed by atoms with Crippen molar-refractivity contribution < 1.29 is 28.6 Å². The molecule has 5 atom stereocenters. The molecule has 15 nitrogen and oxygen atoms in total. The van der Waals surface area contributed by atoms with Gasteiger partial charge in [-0.05, 0) is 80.3 Å². The highest BCUT2D eigenvalue weighted by molar-refractivity contribution is 7.10. The van der Waals surface area contributed by atoms with Crippen LogP contribution in [-0.4, -0.2) is 90.9 Å². The first-order valence-corrected chi connectivity index (χ1v) is 22.5. The minimum atomic E-state index is -0.867. The fraction of sp³-hybridized carbons (Fsp3) is 0.426. The minimum Gasteiger partial charge on any atom is -0.489 e. The third-order valence-electron chi connectivity index (χ3n) is 12.6. The topological polar surface area (TPSA) is 167 Å². The van der Waals surface area contributed by atoms with Crippen molar-refractivity contribution in [3.8, 4) is 40.1 Å². The first kappa shape index (κ1) is 40.9. The number of thiazole rings is 1. The Labute approximate surface area is 368 Å². The molecule has 0 radical (unpaired) electrons. The van der Waals surface area contributed by atoms with Crippen LogP contribution in [-0.2, 0) is 43.2 Å². The van der Waals surface area contributed by atoms with Gasteiger partial charge in [-0.3, -0.25) is 24.4 Å². The summed E-state index contributed by atoms with van der Waals surface area (Å²) < 4.78 is 22.6. The lowest BCUT2D eigenvalue weighted by molar-refractivity contribution is -0.155. The number of nitrogens with one attached hydrogen (secondary N) is 2. The van der Waals surface area contributed by atoms with Gasteiger partial charge in [0.25, 0.3) is 5.91 Å². The third kappa shape index (κ3) is 7.83. The van der Waals surface area contributed by atoms with Gasteiger partial charge in [-0.15, -0.1) is 11.3 Å². The Bertz CT molecular complexity index is 2870. The largest absolute Gasteiger partial charge is 0.489 e. The van der Waals surface area contributed by atoms with Crippen molar-refractivity contribution in [2.75, 3.05) is 26.9 Å². The van der Waals surface area contributed by atoms with Crippen molar-refractivity contribution in [3.05, 3.63) is 81.8 Å². The molecule has 2 N–H and O–H groups in total. The lowest BCUT2D eigenvalue weighted by Crippen LogP contribution is -2.60. The molecular weight excluding hydrogens is 819 g/mol. The maximum absolute atomic E-state index is 14.2. The highest BCUT2D eigenvalue weighted by Crippen LogP contribution is 2.46. The Hall–Kier alpha value is -6.15. The minimum absolute atomic E-state index is 0.117. The van der Waals surface area contributed by atoms with Crippen molar-refractivity contribution in [2.24, 2.45) is 17.3 Å². The molecule has 1 saturated carbocycles. The van der Waals surface area contributed by atoms with Gasteiger partial charge in [0, 0.05) is 71.3 Å². The first-order valence-electron chi connectivity index (χ1n) is 21.6. The number of methoxy groups -OCH3 is 1. The predicted molar refractivity (Wildman–Crippen MR) is 235 cm³/mol. The van der Waals surface area contributed by atoms with Gasteiger partial charge in [0.05, 0.1) is 53.1 Å². The molecule has 6 bridgehead atoms. The molecule has 0 unspecified atom stereocenters. The number of cyclic esters (lactones) is 1. The maximum Gasteiger partial charge on any atom is 0.324 e. The van der Waals surface area contributed by atoms with Crippen LogP contribution < -0.4 is 15.5 Å². The number of benzene rings is 1. The van der Waals surface area contributed by atoms with Gasteiger partial charge in [0.1, 0.15) is 30.1 Å². The molecule has 6 aromatic rings. The summed E-state index contributed by atoms with van der Waals surface area (Å²) in [5.41, 5.74) is 10.9. The number of fused-ring (bicyclic) bond motifs is 7. The highest BCUT2D eigenvalue weighted by atomic mass is 32.1. The fourth-order valence-electron chi connectivity index (χ4n) is 9.03. The van der Waals surface area contributed by atoms with E-state index in [4.69, 9.17) is 24.2 Å². The summed E-state index contributed by atoms with van der Waals surface area (Å²) in [6.07, 6.45) is 7.48. The van der Waals surface area contributed by atoms with Crippen LogP contribution in [0.15, 0.2) is 54.3 Å². The molecule has 10 rings (SSSR count). The van der Waals surface area contributed by atoms with Crippen LogP contribution in [0, 0.1) is 29.1 Å². The van der Waals surface area contributed by atoms with Gasteiger partial charge in [0.15, 0.2) is 5.65 Å². The highest BCUT2D eigenvalue weighted by Gasteiger charge is 2.42. The third-order valence-corrected chi connectivity index (χ3v) is 13.5. The standard InChI is InChI=1S/C47H49N9O6S/c1-26-16-31(26)44(57)52-36-20-40-51-37(24-63-40)29-18-32-34(21-47(3,4)25-62-46(59)35-8-7-13-55(53-35)45(36)58)42(54-14-15-61-38(19-29)43(32)54)33-17-28(22-49-41(33)27(2)60-5)10-11-30-23-48-39-9-6-12-50-56(30)39/h6,9,12,17-19,22-24,26-27,31,35-36,53H,7-8,13-16,20-21,25H2,1-5H3,(H,52,57)/t26-,27-,31-,35-,36-/m0/s1.